The first kappa shape index (κ1) is 22.4. The second-order valence-electron chi connectivity index (χ2n) is 6.38. The summed E-state index contributed by atoms with van der Waals surface area (Å²) in [7, 11) is 0. The molecule has 166 valence electrons. The molecule has 0 atom stereocenters. The monoisotopic (exact) mass is 448 g/mol. The molecule has 0 aliphatic carbocycles. The molecule has 0 N–H and O–H groups in total. The smallest absolute Gasteiger partial charge is 0.406 e. The highest BCUT2D eigenvalue weighted by Gasteiger charge is 2.32. The summed E-state index contributed by atoms with van der Waals surface area (Å²) < 4.78 is 98.0. The van der Waals surface area contributed by atoms with Crippen molar-refractivity contribution in [2.24, 2.45) is 0 Å². The molecule has 0 aliphatic heterocycles. The Balaban J connectivity index is 2.02. The van der Waals surface area contributed by atoms with Gasteiger partial charge in [0, 0.05) is 12.1 Å². The predicted octanol–water partition coefficient (Wildman–Crippen LogP) is 6.56. The SMILES string of the molecule is CCCn1nc(F)c(-c2ccc(OC(F)(F)F)cc2)c1-c1ccc(OC(F)(F)F)cc1. The molecule has 3 aromatic rings. The van der Waals surface area contributed by atoms with Crippen LogP contribution in [0.3, 0.4) is 0 Å². The molecule has 0 saturated carbocycles. The maximum absolute atomic E-state index is 14.7. The normalized spacial score (nSPS) is 12.1. The zero-order valence-corrected chi connectivity index (χ0v) is 15.9. The van der Waals surface area contributed by atoms with E-state index in [0.717, 1.165) is 24.3 Å². The Morgan fingerprint density at radius 3 is 1.65 bits per heavy atom. The topological polar surface area (TPSA) is 36.3 Å². The Bertz CT molecular complexity index is 1020. The summed E-state index contributed by atoms with van der Waals surface area (Å²) in [4.78, 5) is 0. The maximum Gasteiger partial charge on any atom is 0.573 e. The fraction of sp³-hybridized carbons (Fsp3) is 0.250. The Labute approximate surface area is 171 Å². The highest BCUT2D eigenvalue weighted by atomic mass is 19.4. The van der Waals surface area contributed by atoms with Crippen molar-refractivity contribution in [2.45, 2.75) is 32.6 Å². The minimum atomic E-state index is -4.87. The number of hydrogen-bond donors (Lipinski definition) is 0. The number of ether oxygens (including phenoxy) is 2. The van der Waals surface area contributed by atoms with Gasteiger partial charge in [-0.25, -0.2) is 0 Å². The molecule has 1 aromatic heterocycles. The van der Waals surface area contributed by atoms with Crippen LogP contribution in [0.1, 0.15) is 13.3 Å². The van der Waals surface area contributed by atoms with Gasteiger partial charge in [-0.15, -0.1) is 31.4 Å². The zero-order chi connectivity index (χ0) is 22.8. The highest BCUT2D eigenvalue weighted by Crippen LogP contribution is 2.37. The summed E-state index contributed by atoms with van der Waals surface area (Å²) in [5.74, 6) is -1.80. The minimum absolute atomic E-state index is 0.00324. The van der Waals surface area contributed by atoms with Crippen LogP contribution >= 0.6 is 0 Å². The molecule has 0 aliphatic rings. The van der Waals surface area contributed by atoms with Crippen molar-refractivity contribution in [3.8, 4) is 33.9 Å². The van der Waals surface area contributed by atoms with Crippen LogP contribution in [-0.2, 0) is 6.54 Å². The van der Waals surface area contributed by atoms with Crippen LogP contribution in [0.5, 0.6) is 11.5 Å². The van der Waals surface area contributed by atoms with E-state index in [1.165, 1.54) is 28.9 Å². The van der Waals surface area contributed by atoms with Crippen LogP contribution in [0.25, 0.3) is 22.4 Å². The summed E-state index contributed by atoms with van der Waals surface area (Å²) in [5.41, 5.74) is 0.837. The van der Waals surface area contributed by atoms with Gasteiger partial charge in [-0.1, -0.05) is 19.1 Å². The third-order valence-electron chi connectivity index (χ3n) is 4.08. The van der Waals surface area contributed by atoms with E-state index in [4.69, 9.17) is 0 Å². The van der Waals surface area contributed by atoms with Crippen LogP contribution in [0.15, 0.2) is 48.5 Å². The van der Waals surface area contributed by atoms with Crippen molar-refractivity contribution >= 4 is 0 Å². The molecule has 31 heavy (non-hydrogen) atoms. The molecule has 0 unspecified atom stereocenters. The van der Waals surface area contributed by atoms with Gasteiger partial charge in [0.15, 0.2) is 0 Å². The lowest BCUT2D eigenvalue weighted by Gasteiger charge is -2.12. The average Bonchev–Trinajstić information content (AvgIpc) is 2.97. The molecular formula is C20H15F7N2O2. The zero-order valence-electron chi connectivity index (χ0n) is 15.9. The number of aryl methyl sites for hydroxylation is 1. The molecule has 0 saturated heterocycles. The summed E-state index contributed by atoms with van der Waals surface area (Å²) in [6.45, 7) is 2.13. The first-order chi connectivity index (χ1) is 14.5. The molecule has 0 radical (unpaired) electrons. The molecule has 3 rings (SSSR count). The molecular weight excluding hydrogens is 433 g/mol. The average molecular weight is 448 g/mol. The molecule has 0 amide bonds. The maximum atomic E-state index is 14.7. The van der Waals surface area contributed by atoms with Crippen molar-refractivity contribution in [3.05, 3.63) is 54.5 Å². The summed E-state index contributed by atoms with van der Waals surface area (Å²) in [5, 5.41) is 3.84. The second-order valence-corrected chi connectivity index (χ2v) is 6.38. The van der Waals surface area contributed by atoms with Gasteiger partial charge in [0.2, 0.25) is 5.95 Å². The van der Waals surface area contributed by atoms with Gasteiger partial charge < -0.3 is 9.47 Å². The van der Waals surface area contributed by atoms with Gasteiger partial charge in [0.1, 0.15) is 11.5 Å². The second kappa shape index (κ2) is 8.48. The van der Waals surface area contributed by atoms with Gasteiger partial charge in [0.25, 0.3) is 0 Å². The number of nitrogens with zero attached hydrogens (tertiary/aromatic N) is 2. The Kier molecular flexibility index (Phi) is 6.14. The van der Waals surface area contributed by atoms with Crippen LogP contribution in [0.4, 0.5) is 30.7 Å². The van der Waals surface area contributed by atoms with E-state index in [9.17, 15) is 30.7 Å². The third kappa shape index (κ3) is 5.68. The van der Waals surface area contributed by atoms with Gasteiger partial charge in [-0.05, 0) is 48.4 Å². The molecule has 1 heterocycles. The van der Waals surface area contributed by atoms with E-state index in [2.05, 4.69) is 14.6 Å². The molecule has 4 nitrogen and oxygen atoms in total. The van der Waals surface area contributed by atoms with Crippen molar-refractivity contribution in [2.75, 3.05) is 0 Å². The predicted molar refractivity (Wildman–Crippen MR) is 96.7 cm³/mol. The summed E-state index contributed by atoms with van der Waals surface area (Å²) in [6.07, 6.45) is -9.14. The van der Waals surface area contributed by atoms with Gasteiger partial charge in [-0.2, -0.15) is 4.39 Å². The number of rotatable bonds is 6. The number of alkyl halides is 6. The lowest BCUT2D eigenvalue weighted by atomic mass is 10.0. The van der Waals surface area contributed by atoms with Crippen molar-refractivity contribution in [1.29, 1.82) is 0 Å². The number of benzene rings is 2. The van der Waals surface area contributed by atoms with Crippen molar-refractivity contribution in [3.63, 3.8) is 0 Å². The fourth-order valence-electron chi connectivity index (χ4n) is 2.99. The first-order valence-electron chi connectivity index (χ1n) is 8.95. The van der Waals surface area contributed by atoms with Crippen LogP contribution in [0, 0.1) is 5.95 Å². The lowest BCUT2D eigenvalue weighted by molar-refractivity contribution is -0.275. The van der Waals surface area contributed by atoms with Crippen LogP contribution in [-0.4, -0.2) is 22.5 Å². The number of hydrogen-bond acceptors (Lipinski definition) is 3. The fourth-order valence-corrected chi connectivity index (χ4v) is 2.99. The standard InChI is InChI=1S/C20H15F7N2O2/c1-2-11-29-17(13-5-9-15(10-6-13)31-20(25,26)27)16(18(21)28-29)12-3-7-14(8-4-12)30-19(22,23)24/h3-10H,2,11H2,1H3. The highest BCUT2D eigenvalue weighted by molar-refractivity contribution is 5.81. The van der Waals surface area contributed by atoms with E-state index in [1.54, 1.807) is 0 Å². The quantitative estimate of drug-likeness (QED) is 0.401. The van der Waals surface area contributed by atoms with Gasteiger partial charge in [-0.3, -0.25) is 4.68 Å². The van der Waals surface area contributed by atoms with Crippen molar-refractivity contribution in [1.82, 2.24) is 9.78 Å². The van der Waals surface area contributed by atoms with E-state index < -0.39 is 30.2 Å². The molecule has 11 heteroatoms. The Hall–Kier alpha value is -3.24. The number of aromatic nitrogens is 2. The third-order valence-corrected chi connectivity index (χ3v) is 4.08. The first-order valence-corrected chi connectivity index (χ1v) is 8.95. The number of halogens is 7. The summed E-state index contributed by atoms with van der Waals surface area (Å²) in [6, 6.07) is 9.32. The van der Waals surface area contributed by atoms with Gasteiger partial charge in [0.05, 0.1) is 11.3 Å². The van der Waals surface area contributed by atoms with Gasteiger partial charge >= 0.3 is 12.7 Å². The molecule has 2 aromatic carbocycles. The van der Waals surface area contributed by atoms with Crippen molar-refractivity contribution < 1.29 is 40.2 Å². The summed E-state index contributed by atoms with van der Waals surface area (Å²) >= 11 is 0. The lowest BCUT2D eigenvalue weighted by Crippen LogP contribution is -2.17. The van der Waals surface area contributed by atoms with E-state index in [0.29, 0.717) is 18.5 Å². The molecule has 0 fully saturated rings. The Morgan fingerprint density at radius 1 is 0.774 bits per heavy atom. The van der Waals surface area contributed by atoms with Crippen LogP contribution < -0.4 is 9.47 Å². The van der Waals surface area contributed by atoms with E-state index in [1.807, 2.05) is 6.92 Å². The largest absolute Gasteiger partial charge is 0.573 e. The Morgan fingerprint density at radius 2 is 1.23 bits per heavy atom. The van der Waals surface area contributed by atoms with E-state index >= 15 is 0 Å². The van der Waals surface area contributed by atoms with Crippen LogP contribution in [0.2, 0.25) is 0 Å². The minimum Gasteiger partial charge on any atom is -0.406 e. The molecule has 0 spiro atoms. The van der Waals surface area contributed by atoms with E-state index in [-0.39, 0.29) is 16.8 Å². The molecule has 0 bridgehead atoms.